The summed E-state index contributed by atoms with van der Waals surface area (Å²) in [5.74, 6) is 1.72. The highest BCUT2D eigenvalue weighted by atomic mass is 16.5. The molecule has 0 aromatic heterocycles. The molecule has 1 rings (SSSR count). The van der Waals surface area contributed by atoms with E-state index in [1.54, 1.807) is 14.2 Å². The molecule has 0 amide bonds. The van der Waals surface area contributed by atoms with E-state index in [0.717, 1.165) is 56.2 Å². The minimum atomic E-state index is 0.635. The van der Waals surface area contributed by atoms with E-state index in [-0.39, 0.29) is 0 Å². The van der Waals surface area contributed by atoms with Crippen LogP contribution in [0.3, 0.4) is 0 Å². The Labute approximate surface area is 134 Å². The quantitative estimate of drug-likeness (QED) is 0.396. The van der Waals surface area contributed by atoms with Crippen molar-refractivity contribution < 1.29 is 9.47 Å². The first-order valence-corrected chi connectivity index (χ1v) is 7.94. The van der Waals surface area contributed by atoms with Crippen molar-refractivity contribution in [3.8, 4) is 5.75 Å². The van der Waals surface area contributed by atoms with Gasteiger partial charge in [-0.2, -0.15) is 0 Å². The lowest BCUT2D eigenvalue weighted by Gasteiger charge is -2.11. The molecule has 0 spiro atoms. The fourth-order valence-electron chi connectivity index (χ4n) is 2.04. The van der Waals surface area contributed by atoms with Crippen LogP contribution < -0.4 is 15.4 Å². The van der Waals surface area contributed by atoms with Crippen molar-refractivity contribution in [2.45, 2.75) is 32.7 Å². The molecule has 0 aliphatic heterocycles. The summed E-state index contributed by atoms with van der Waals surface area (Å²) in [6, 6.07) is 7.99. The number of aliphatic imine (C=N–C) groups is 1. The summed E-state index contributed by atoms with van der Waals surface area (Å²) >= 11 is 0. The Morgan fingerprint density at radius 1 is 1.14 bits per heavy atom. The fourth-order valence-corrected chi connectivity index (χ4v) is 2.04. The largest absolute Gasteiger partial charge is 0.497 e. The van der Waals surface area contributed by atoms with Gasteiger partial charge in [0.1, 0.15) is 5.75 Å². The van der Waals surface area contributed by atoms with Crippen molar-refractivity contribution in [1.29, 1.82) is 0 Å². The van der Waals surface area contributed by atoms with Gasteiger partial charge >= 0.3 is 0 Å². The van der Waals surface area contributed by atoms with Crippen LogP contribution >= 0.6 is 0 Å². The minimum absolute atomic E-state index is 0.635. The minimum Gasteiger partial charge on any atom is -0.497 e. The molecule has 0 unspecified atom stereocenters. The number of nitrogens with zero attached hydrogens (tertiary/aromatic N) is 1. The first-order chi connectivity index (χ1) is 10.8. The van der Waals surface area contributed by atoms with Gasteiger partial charge in [0.15, 0.2) is 5.96 Å². The fraction of sp³-hybridized carbons (Fsp3) is 0.588. The van der Waals surface area contributed by atoms with Crippen molar-refractivity contribution in [3.63, 3.8) is 0 Å². The molecule has 0 atom stereocenters. The van der Waals surface area contributed by atoms with E-state index in [4.69, 9.17) is 9.47 Å². The zero-order valence-electron chi connectivity index (χ0n) is 14.0. The third-order valence-corrected chi connectivity index (χ3v) is 3.22. The van der Waals surface area contributed by atoms with Gasteiger partial charge in [0.05, 0.1) is 13.7 Å². The van der Waals surface area contributed by atoms with Crippen LogP contribution in [-0.2, 0) is 11.3 Å². The highest BCUT2D eigenvalue weighted by Crippen LogP contribution is 2.13. The number of benzene rings is 1. The molecular weight excluding hydrogens is 278 g/mol. The summed E-state index contributed by atoms with van der Waals surface area (Å²) in [4.78, 5) is 4.61. The van der Waals surface area contributed by atoms with Crippen LogP contribution in [0.2, 0.25) is 0 Å². The lowest BCUT2D eigenvalue weighted by atomic mass is 10.2. The van der Waals surface area contributed by atoms with E-state index in [2.05, 4.69) is 28.6 Å². The first-order valence-electron chi connectivity index (χ1n) is 7.94. The maximum Gasteiger partial charge on any atom is 0.191 e. The van der Waals surface area contributed by atoms with E-state index < -0.39 is 0 Å². The van der Waals surface area contributed by atoms with Crippen LogP contribution in [0.15, 0.2) is 29.3 Å². The zero-order valence-corrected chi connectivity index (χ0v) is 14.0. The molecule has 0 aliphatic rings. The Bertz CT molecular complexity index is 436. The average molecular weight is 307 g/mol. The molecule has 5 nitrogen and oxygen atoms in total. The Morgan fingerprint density at radius 3 is 2.73 bits per heavy atom. The summed E-state index contributed by atoms with van der Waals surface area (Å²) in [6.07, 6.45) is 3.39. The van der Waals surface area contributed by atoms with Crippen LogP contribution in [0.4, 0.5) is 0 Å². The molecule has 1 aromatic rings. The molecule has 0 heterocycles. The molecule has 0 saturated heterocycles. The predicted molar refractivity (Wildman–Crippen MR) is 91.5 cm³/mol. The Kier molecular flexibility index (Phi) is 9.87. The highest BCUT2D eigenvalue weighted by Gasteiger charge is 1.99. The van der Waals surface area contributed by atoms with Gasteiger partial charge in [-0.1, -0.05) is 12.1 Å². The number of hydrogen-bond acceptors (Lipinski definition) is 3. The molecule has 0 aliphatic carbocycles. The van der Waals surface area contributed by atoms with E-state index in [0.29, 0.717) is 6.54 Å². The van der Waals surface area contributed by atoms with Gasteiger partial charge < -0.3 is 20.1 Å². The van der Waals surface area contributed by atoms with Crippen molar-refractivity contribution in [1.82, 2.24) is 10.6 Å². The Hall–Kier alpha value is -1.75. The maximum atomic E-state index is 5.23. The van der Waals surface area contributed by atoms with Crippen LogP contribution in [0.1, 0.15) is 31.7 Å². The van der Waals surface area contributed by atoms with Gasteiger partial charge in [-0.05, 0) is 43.9 Å². The second-order valence-electron chi connectivity index (χ2n) is 5.03. The summed E-state index contributed by atoms with van der Waals surface area (Å²) in [7, 11) is 3.42. The van der Waals surface area contributed by atoms with Gasteiger partial charge in [-0.15, -0.1) is 0 Å². The number of unbranched alkanes of at least 4 members (excludes halogenated alkanes) is 2. The van der Waals surface area contributed by atoms with Gasteiger partial charge in [-0.3, -0.25) is 0 Å². The molecule has 0 saturated carbocycles. The highest BCUT2D eigenvalue weighted by molar-refractivity contribution is 5.79. The number of hydrogen-bond donors (Lipinski definition) is 2. The normalized spacial score (nSPS) is 11.3. The third-order valence-electron chi connectivity index (χ3n) is 3.22. The second-order valence-corrected chi connectivity index (χ2v) is 5.03. The summed E-state index contributed by atoms with van der Waals surface area (Å²) < 4.78 is 10.3. The number of ether oxygens (including phenoxy) is 2. The Balaban J connectivity index is 2.40. The first kappa shape index (κ1) is 18.3. The summed E-state index contributed by atoms with van der Waals surface area (Å²) in [5, 5.41) is 6.63. The van der Waals surface area contributed by atoms with Crippen molar-refractivity contribution in [2.24, 2.45) is 4.99 Å². The zero-order chi connectivity index (χ0) is 16.0. The van der Waals surface area contributed by atoms with E-state index in [1.165, 1.54) is 0 Å². The lowest BCUT2D eigenvalue weighted by molar-refractivity contribution is 0.192. The van der Waals surface area contributed by atoms with Gasteiger partial charge in [-0.25, -0.2) is 4.99 Å². The molecule has 1 aromatic carbocycles. The molecule has 22 heavy (non-hydrogen) atoms. The van der Waals surface area contributed by atoms with Crippen LogP contribution in [0.25, 0.3) is 0 Å². The van der Waals surface area contributed by atoms with Crippen molar-refractivity contribution in [3.05, 3.63) is 29.8 Å². The number of rotatable bonds is 10. The standard InChI is InChI=1S/C17H29N3O2/c1-4-18-17(19-11-6-5-7-12-21-2)20-14-15-9-8-10-16(13-15)22-3/h8-10,13H,4-7,11-12,14H2,1-3H3,(H2,18,19,20). The molecule has 5 heteroatoms. The Morgan fingerprint density at radius 2 is 2.00 bits per heavy atom. The van der Waals surface area contributed by atoms with Gasteiger partial charge in [0, 0.05) is 26.8 Å². The number of nitrogens with one attached hydrogen (secondary N) is 2. The van der Waals surface area contributed by atoms with Crippen molar-refractivity contribution in [2.75, 3.05) is 33.9 Å². The third kappa shape index (κ3) is 7.88. The lowest BCUT2D eigenvalue weighted by Crippen LogP contribution is -2.37. The molecule has 0 fully saturated rings. The van der Waals surface area contributed by atoms with Gasteiger partial charge in [0.2, 0.25) is 0 Å². The summed E-state index contributed by atoms with van der Waals surface area (Å²) in [5.41, 5.74) is 1.14. The maximum absolute atomic E-state index is 5.23. The molecular formula is C17H29N3O2. The topological polar surface area (TPSA) is 54.9 Å². The second kappa shape index (κ2) is 11.9. The van der Waals surface area contributed by atoms with Gasteiger partial charge in [0.25, 0.3) is 0 Å². The summed E-state index contributed by atoms with van der Waals surface area (Å²) in [6.45, 7) is 5.32. The van der Waals surface area contributed by atoms with E-state index >= 15 is 0 Å². The van der Waals surface area contributed by atoms with Crippen LogP contribution in [-0.4, -0.2) is 39.9 Å². The molecule has 0 bridgehead atoms. The van der Waals surface area contributed by atoms with E-state index in [9.17, 15) is 0 Å². The number of guanidine groups is 1. The van der Waals surface area contributed by atoms with Crippen molar-refractivity contribution >= 4 is 5.96 Å². The predicted octanol–water partition coefficient (Wildman–Crippen LogP) is 2.57. The monoisotopic (exact) mass is 307 g/mol. The number of methoxy groups -OCH3 is 2. The molecule has 124 valence electrons. The SMILES string of the molecule is CCNC(=NCc1cccc(OC)c1)NCCCCCOC. The van der Waals surface area contributed by atoms with E-state index in [1.807, 2.05) is 18.2 Å². The molecule has 0 radical (unpaired) electrons. The smallest absolute Gasteiger partial charge is 0.191 e. The van der Waals surface area contributed by atoms with Crippen LogP contribution in [0.5, 0.6) is 5.75 Å². The molecule has 2 N–H and O–H groups in total. The average Bonchev–Trinajstić information content (AvgIpc) is 2.56. The van der Waals surface area contributed by atoms with Crippen LogP contribution in [0, 0.1) is 0 Å².